The highest BCUT2D eigenvalue weighted by Crippen LogP contribution is 2.06. The first-order chi connectivity index (χ1) is 5.97. The third-order valence-electron chi connectivity index (χ3n) is 1.37. The summed E-state index contributed by atoms with van der Waals surface area (Å²) in [6.45, 7) is 2.48. The van der Waals surface area contributed by atoms with Crippen LogP contribution in [0, 0.1) is 0 Å². The number of aliphatic hydroxyl groups is 1. The van der Waals surface area contributed by atoms with Gasteiger partial charge in [-0.3, -0.25) is 0 Å². The maximum atomic E-state index is 10.6. The van der Waals surface area contributed by atoms with E-state index in [4.69, 9.17) is 5.11 Å². The monoisotopic (exact) mass is 200 g/mol. The molecule has 0 amide bonds. The Morgan fingerprint density at radius 2 is 1.31 bits per heavy atom. The SMILES string of the molecule is CCCCCCC.OC(F)(F)CF. The number of unbranched alkanes of at least 4 members (excludes halogenated alkanes) is 4. The van der Waals surface area contributed by atoms with E-state index >= 15 is 0 Å². The van der Waals surface area contributed by atoms with Crippen molar-refractivity contribution in [3.63, 3.8) is 0 Å². The molecular formula is C9H19F3O. The second-order valence-corrected chi connectivity index (χ2v) is 2.86. The van der Waals surface area contributed by atoms with Gasteiger partial charge in [0, 0.05) is 0 Å². The average Bonchev–Trinajstić information content (AvgIpc) is 2.06. The van der Waals surface area contributed by atoms with Crippen molar-refractivity contribution in [2.24, 2.45) is 0 Å². The maximum Gasteiger partial charge on any atom is 0.381 e. The van der Waals surface area contributed by atoms with Crippen molar-refractivity contribution >= 4 is 0 Å². The Bertz CT molecular complexity index is 87.4. The molecule has 0 unspecified atom stereocenters. The lowest BCUT2D eigenvalue weighted by Crippen LogP contribution is -2.15. The van der Waals surface area contributed by atoms with E-state index in [0.29, 0.717) is 0 Å². The highest BCUT2D eigenvalue weighted by Gasteiger charge is 2.22. The highest BCUT2D eigenvalue weighted by atomic mass is 19.3. The molecule has 0 spiro atoms. The molecule has 0 rings (SSSR count). The van der Waals surface area contributed by atoms with Gasteiger partial charge in [0.2, 0.25) is 0 Å². The molecule has 0 atom stereocenters. The summed E-state index contributed by atoms with van der Waals surface area (Å²) in [4.78, 5) is 0. The van der Waals surface area contributed by atoms with Crippen molar-refractivity contribution in [1.82, 2.24) is 0 Å². The van der Waals surface area contributed by atoms with Gasteiger partial charge in [0.15, 0.2) is 6.67 Å². The van der Waals surface area contributed by atoms with Crippen LogP contribution in [0.4, 0.5) is 13.2 Å². The summed E-state index contributed by atoms with van der Waals surface area (Å²) < 4.78 is 31.8. The van der Waals surface area contributed by atoms with Crippen LogP contribution in [0.15, 0.2) is 0 Å². The molecule has 0 bridgehead atoms. The largest absolute Gasteiger partial charge is 0.381 e. The van der Waals surface area contributed by atoms with E-state index < -0.39 is 12.8 Å². The Morgan fingerprint density at radius 1 is 1.00 bits per heavy atom. The van der Waals surface area contributed by atoms with Gasteiger partial charge in [-0.15, -0.1) is 0 Å². The van der Waals surface area contributed by atoms with E-state index in [0.717, 1.165) is 0 Å². The van der Waals surface area contributed by atoms with Crippen molar-refractivity contribution < 1.29 is 18.3 Å². The van der Waals surface area contributed by atoms with Gasteiger partial charge in [0.1, 0.15) is 0 Å². The number of alkyl halides is 3. The summed E-state index contributed by atoms with van der Waals surface area (Å²) >= 11 is 0. The van der Waals surface area contributed by atoms with Crippen molar-refractivity contribution in [3.8, 4) is 0 Å². The molecule has 0 aliphatic carbocycles. The first kappa shape index (κ1) is 15.2. The fourth-order valence-corrected chi connectivity index (χ4v) is 0.677. The van der Waals surface area contributed by atoms with E-state index in [9.17, 15) is 13.2 Å². The van der Waals surface area contributed by atoms with Crippen LogP contribution in [0.1, 0.15) is 46.0 Å². The third kappa shape index (κ3) is 24.5. The molecule has 1 nitrogen and oxygen atoms in total. The zero-order valence-electron chi connectivity index (χ0n) is 8.32. The molecule has 0 aromatic carbocycles. The normalized spacial score (nSPS) is 10.6. The predicted octanol–water partition coefficient (Wildman–Crippen LogP) is 3.52. The van der Waals surface area contributed by atoms with Crippen LogP contribution in [0.5, 0.6) is 0 Å². The van der Waals surface area contributed by atoms with Gasteiger partial charge in [-0.1, -0.05) is 46.0 Å². The second kappa shape index (κ2) is 9.84. The molecule has 0 radical (unpaired) electrons. The van der Waals surface area contributed by atoms with Gasteiger partial charge >= 0.3 is 6.11 Å². The molecule has 0 saturated carbocycles. The summed E-state index contributed by atoms with van der Waals surface area (Å²) in [5, 5.41) is 7.12. The van der Waals surface area contributed by atoms with Gasteiger partial charge in [-0.25, -0.2) is 4.39 Å². The summed E-state index contributed by atoms with van der Waals surface area (Å²) in [5.74, 6) is 0. The first-order valence-corrected chi connectivity index (χ1v) is 4.64. The predicted molar refractivity (Wildman–Crippen MR) is 47.6 cm³/mol. The topological polar surface area (TPSA) is 20.2 Å². The molecule has 82 valence electrons. The number of halogens is 3. The molecule has 0 heterocycles. The van der Waals surface area contributed by atoms with Gasteiger partial charge in [-0.2, -0.15) is 8.78 Å². The van der Waals surface area contributed by atoms with E-state index in [1.807, 2.05) is 0 Å². The molecule has 0 aromatic rings. The van der Waals surface area contributed by atoms with Gasteiger partial charge < -0.3 is 5.11 Å². The molecular weight excluding hydrogens is 181 g/mol. The highest BCUT2D eigenvalue weighted by molar-refractivity contribution is 4.38. The van der Waals surface area contributed by atoms with Gasteiger partial charge in [0.05, 0.1) is 0 Å². The Balaban J connectivity index is 0. The molecule has 13 heavy (non-hydrogen) atoms. The number of hydrogen-bond donors (Lipinski definition) is 1. The summed E-state index contributed by atoms with van der Waals surface area (Å²) in [5.41, 5.74) is 0. The minimum atomic E-state index is -4.12. The molecule has 0 saturated heterocycles. The lowest BCUT2D eigenvalue weighted by Gasteiger charge is -1.97. The van der Waals surface area contributed by atoms with Crippen LogP contribution in [0.3, 0.4) is 0 Å². The van der Waals surface area contributed by atoms with E-state index in [1.54, 1.807) is 0 Å². The van der Waals surface area contributed by atoms with E-state index in [-0.39, 0.29) is 0 Å². The molecule has 0 fully saturated rings. The fourth-order valence-electron chi connectivity index (χ4n) is 0.677. The van der Waals surface area contributed by atoms with Crippen molar-refractivity contribution in [1.29, 1.82) is 0 Å². The van der Waals surface area contributed by atoms with Crippen LogP contribution in [0.2, 0.25) is 0 Å². The molecule has 1 N–H and O–H groups in total. The summed E-state index contributed by atoms with van der Waals surface area (Å²) in [6.07, 6.45) is 2.88. The zero-order valence-corrected chi connectivity index (χ0v) is 8.32. The van der Waals surface area contributed by atoms with Crippen LogP contribution >= 0.6 is 0 Å². The van der Waals surface area contributed by atoms with Crippen LogP contribution in [-0.4, -0.2) is 17.9 Å². The summed E-state index contributed by atoms with van der Waals surface area (Å²) in [6, 6.07) is 0. The first-order valence-electron chi connectivity index (χ1n) is 4.64. The van der Waals surface area contributed by atoms with Crippen LogP contribution < -0.4 is 0 Å². The minimum absolute atomic E-state index is 1.36. The molecule has 4 heteroatoms. The quantitative estimate of drug-likeness (QED) is 0.673. The standard InChI is InChI=1S/C7H16.C2H3F3O/c1-3-5-7-6-4-2;3-1-2(4,5)6/h3-7H2,1-2H3;6H,1H2. The zero-order chi connectivity index (χ0) is 10.7. The molecule has 0 aliphatic rings. The van der Waals surface area contributed by atoms with E-state index in [1.165, 1.54) is 32.1 Å². The van der Waals surface area contributed by atoms with Crippen LogP contribution in [-0.2, 0) is 0 Å². The minimum Gasteiger partial charge on any atom is -0.334 e. The fraction of sp³-hybridized carbons (Fsp3) is 1.00. The lowest BCUT2D eigenvalue weighted by molar-refractivity contribution is -0.208. The Labute approximate surface area is 78.0 Å². The second-order valence-electron chi connectivity index (χ2n) is 2.86. The smallest absolute Gasteiger partial charge is 0.334 e. The number of hydrogen-bond acceptors (Lipinski definition) is 1. The third-order valence-corrected chi connectivity index (χ3v) is 1.37. The van der Waals surface area contributed by atoms with Crippen molar-refractivity contribution in [3.05, 3.63) is 0 Å². The van der Waals surface area contributed by atoms with Crippen molar-refractivity contribution in [2.45, 2.75) is 52.1 Å². The average molecular weight is 200 g/mol. The van der Waals surface area contributed by atoms with Gasteiger partial charge in [-0.05, 0) is 0 Å². The van der Waals surface area contributed by atoms with Crippen molar-refractivity contribution in [2.75, 3.05) is 6.67 Å². The van der Waals surface area contributed by atoms with Gasteiger partial charge in [0.25, 0.3) is 0 Å². The Kier molecular flexibility index (Phi) is 11.5. The molecule has 0 aromatic heterocycles. The Hall–Kier alpha value is -0.250. The Morgan fingerprint density at radius 3 is 1.46 bits per heavy atom. The lowest BCUT2D eigenvalue weighted by atomic mass is 10.2. The maximum absolute atomic E-state index is 10.6. The molecule has 0 aliphatic heterocycles. The number of rotatable bonds is 5. The summed E-state index contributed by atoms with van der Waals surface area (Å²) in [7, 11) is 0. The van der Waals surface area contributed by atoms with Crippen LogP contribution in [0.25, 0.3) is 0 Å². The van der Waals surface area contributed by atoms with E-state index in [2.05, 4.69) is 13.8 Å².